The van der Waals surface area contributed by atoms with Crippen LogP contribution < -0.4 is 0 Å². The number of aliphatic hydroxyl groups is 1. The van der Waals surface area contributed by atoms with E-state index in [0.29, 0.717) is 10.9 Å². The van der Waals surface area contributed by atoms with Crippen LogP contribution in [0.15, 0.2) is 11.4 Å². The molecule has 0 amide bonds. The van der Waals surface area contributed by atoms with E-state index in [9.17, 15) is 5.11 Å². The zero-order valence-electron chi connectivity index (χ0n) is 9.75. The Labute approximate surface area is 108 Å². The van der Waals surface area contributed by atoms with E-state index in [-0.39, 0.29) is 5.25 Å². The van der Waals surface area contributed by atoms with Gasteiger partial charge in [-0.1, -0.05) is 18.5 Å². The van der Waals surface area contributed by atoms with Crippen LogP contribution in [0.4, 0.5) is 0 Å². The second-order valence-electron chi connectivity index (χ2n) is 3.87. The molecular weight excluding hydrogens is 260 g/mol. The lowest BCUT2D eigenvalue weighted by Crippen LogP contribution is -2.16. The summed E-state index contributed by atoms with van der Waals surface area (Å²) < 4.78 is 1.64. The molecule has 2 aromatic heterocycles. The second-order valence-corrected chi connectivity index (χ2v) is 5.59. The van der Waals surface area contributed by atoms with Gasteiger partial charge >= 0.3 is 0 Å². The highest BCUT2D eigenvalue weighted by atomic mass is 35.5. The summed E-state index contributed by atoms with van der Waals surface area (Å²) in [7, 11) is 0. The highest BCUT2D eigenvalue weighted by molar-refractivity contribution is 8.00. The summed E-state index contributed by atoms with van der Waals surface area (Å²) in [6, 6.07) is 0. The number of thioether (sulfide) groups is 1. The van der Waals surface area contributed by atoms with Gasteiger partial charge in [-0.25, -0.2) is 0 Å². The smallest absolute Gasteiger partial charge is 0.254 e. The number of aromatic nitrogens is 4. The second kappa shape index (κ2) is 4.80. The summed E-state index contributed by atoms with van der Waals surface area (Å²) in [5.41, 5.74) is 0.849. The number of aliphatic hydroxyl groups excluding tert-OH is 1. The van der Waals surface area contributed by atoms with E-state index in [0.717, 1.165) is 10.6 Å². The van der Waals surface area contributed by atoms with E-state index in [1.165, 1.54) is 18.1 Å². The molecule has 17 heavy (non-hydrogen) atoms. The highest BCUT2D eigenvalue weighted by Gasteiger charge is 2.18. The Balaban J connectivity index is 2.50. The van der Waals surface area contributed by atoms with E-state index in [2.05, 4.69) is 15.1 Å². The molecule has 0 fully saturated rings. The first kappa shape index (κ1) is 12.6. The molecule has 0 saturated heterocycles. The normalized spacial score (nSPS) is 15.1. The Kier molecular flexibility index (Phi) is 3.56. The van der Waals surface area contributed by atoms with Crippen molar-refractivity contribution in [3.63, 3.8) is 0 Å². The summed E-state index contributed by atoms with van der Waals surface area (Å²) in [4.78, 5) is 8.14. The molecule has 0 aromatic carbocycles. The first-order valence-corrected chi connectivity index (χ1v) is 6.47. The lowest BCUT2D eigenvalue weighted by Gasteiger charge is -2.16. The minimum absolute atomic E-state index is 0.0413. The topological polar surface area (TPSA) is 63.3 Å². The molecule has 0 aliphatic carbocycles. The van der Waals surface area contributed by atoms with Gasteiger partial charge in [0.05, 0.1) is 6.10 Å². The van der Waals surface area contributed by atoms with Crippen LogP contribution in [0.5, 0.6) is 0 Å². The number of halogens is 1. The summed E-state index contributed by atoms with van der Waals surface area (Å²) in [5.74, 6) is 0.473. The van der Waals surface area contributed by atoms with Gasteiger partial charge in [0.15, 0.2) is 0 Å². The van der Waals surface area contributed by atoms with Crippen LogP contribution in [0.1, 0.15) is 19.4 Å². The third-order valence-corrected chi connectivity index (χ3v) is 4.36. The predicted molar refractivity (Wildman–Crippen MR) is 67.5 cm³/mol. The minimum atomic E-state index is -0.412. The maximum absolute atomic E-state index is 9.55. The van der Waals surface area contributed by atoms with Crippen LogP contribution >= 0.6 is 23.4 Å². The number of nitrogens with zero attached hydrogens (tertiary/aromatic N) is 4. The summed E-state index contributed by atoms with van der Waals surface area (Å²) in [6.45, 7) is 5.59. The molecule has 2 atom stereocenters. The quantitative estimate of drug-likeness (QED) is 0.683. The fraction of sp³-hybridized carbons (Fsp3) is 0.500. The maximum Gasteiger partial charge on any atom is 0.254 e. The van der Waals surface area contributed by atoms with Gasteiger partial charge in [-0.05, 0) is 13.8 Å². The van der Waals surface area contributed by atoms with E-state index >= 15 is 0 Å². The summed E-state index contributed by atoms with van der Waals surface area (Å²) in [6.07, 6.45) is 1.03. The van der Waals surface area contributed by atoms with Crippen molar-refractivity contribution in [3.8, 4) is 0 Å². The van der Waals surface area contributed by atoms with Crippen molar-refractivity contribution in [2.45, 2.75) is 37.2 Å². The van der Waals surface area contributed by atoms with Gasteiger partial charge in [-0.3, -0.25) is 0 Å². The zero-order chi connectivity index (χ0) is 12.6. The van der Waals surface area contributed by atoms with Gasteiger partial charge in [0, 0.05) is 10.8 Å². The average molecular weight is 273 g/mol. The molecule has 0 radical (unpaired) electrons. The zero-order valence-corrected chi connectivity index (χ0v) is 11.3. The number of hydrogen-bond acceptors (Lipinski definition) is 5. The Morgan fingerprint density at radius 2 is 2.18 bits per heavy atom. The SMILES string of the molecule is Cc1c(Cl)nc2ncnn2c1SC(C)C(C)O. The molecular formula is C10H13ClN4OS. The standard InChI is InChI=1S/C10H13ClN4OS/c1-5-8(11)14-10-12-4-13-15(10)9(5)17-7(3)6(2)16/h4,6-7,16H,1-3H3. The molecule has 2 rings (SSSR count). The molecule has 92 valence electrons. The molecule has 1 N–H and O–H groups in total. The van der Waals surface area contributed by atoms with E-state index in [4.69, 9.17) is 11.6 Å². The molecule has 2 aromatic rings. The molecule has 0 saturated carbocycles. The Morgan fingerprint density at radius 3 is 2.82 bits per heavy atom. The van der Waals surface area contributed by atoms with Crippen LogP contribution in [0.25, 0.3) is 5.78 Å². The fourth-order valence-corrected chi connectivity index (χ4v) is 2.56. The van der Waals surface area contributed by atoms with Crippen molar-refractivity contribution >= 4 is 29.1 Å². The van der Waals surface area contributed by atoms with Crippen molar-refractivity contribution < 1.29 is 5.11 Å². The van der Waals surface area contributed by atoms with Crippen LogP contribution in [0.3, 0.4) is 0 Å². The molecule has 5 nitrogen and oxygen atoms in total. The van der Waals surface area contributed by atoms with Crippen LogP contribution in [-0.2, 0) is 0 Å². The molecule has 7 heteroatoms. The molecule has 2 unspecified atom stereocenters. The van der Waals surface area contributed by atoms with Gasteiger partial charge in [0.1, 0.15) is 16.5 Å². The average Bonchev–Trinajstić information content (AvgIpc) is 2.71. The van der Waals surface area contributed by atoms with Crippen molar-refractivity contribution in [1.29, 1.82) is 0 Å². The van der Waals surface area contributed by atoms with Crippen molar-refractivity contribution in [2.75, 3.05) is 0 Å². The summed E-state index contributed by atoms with van der Waals surface area (Å²) in [5, 5.41) is 15.0. The van der Waals surface area contributed by atoms with Gasteiger partial charge in [0.2, 0.25) is 0 Å². The fourth-order valence-electron chi connectivity index (χ4n) is 1.29. The largest absolute Gasteiger partial charge is 0.392 e. The highest BCUT2D eigenvalue weighted by Crippen LogP contribution is 2.30. The number of fused-ring (bicyclic) bond motifs is 1. The van der Waals surface area contributed by atoms with Crippen molar-refractivity contribution in [3.05, 3.63) is 17.0 Å². The van der Waals surface area contributed by atoms with E-state index in [1.807, 2.05) is 13.8 Å². The van der Waals surface area contributed by atoms with Crippen molar-refractivity contribution in [2.24, 2.45) is 0 Å². The van der Waals surface area contributed by atoms with Crippen LogP contribution in [0, 0.1) is 6.92 Å². The van der Waals surface area contributed by atoms with Gasteiger partial charge in [-0.2, -0.15) is 19.6 Å². The predicted octanol–water partition coefficient (Wildman–Crippen LogP) is 1.95. The Hall–Kier alpha value is -0.850. The first-order chi connectivity index (χ1) is 8.00. The van der Waals surface area contributed by atoms with Crippen molar-refractivity contribution in [1.82, 2.24) is 19.6 Å². The molecule has 0 bridgehead atoms. The van der Waals surface area contributed by atoms with Gasteiger partial charge in [-0.15, -0.1) is 11.8 Å². The molecule has 0 spiro atoms. The lowest BCUT2D eigenvalue weighted by atomic mass is 10.3. The third-order valence-electron chi connectivity index (χ3n) is 2.53. The van der Waals surface area contributed by atoms with Crippen LogP contribution in [0.2, 0.25) is 5.15 Å². The minimum Gasteiger partial charge on any atom is -0.392 e. The first-order valence-electron chi connectivity index (χ1n) is 5.21. The maximum atomic E-state index is 9.55. The summed E-state index contributed by atoms with van der Waals surface area (Å²) >= 11 is 7.56. The third kappa shape index (κ3) is 2.38. The lowest BCUT2D eigenvalue weighted by molar-refractivity contribution is 0.196. The number of rotatable bonds is 3. The van der Waals surface area contributed by atoms with Gasteiger partial charge in [0.25, 0.3) is 5.78 Å². The van der Waals surface area contributed by atoms with Gasteiger partial charge < -0.3 is 5.11 Å². The molecule has 0 aliphatic heterocycles. The number of hydrogen-bond donors (Lipinski definition) is 1. The Morgan fingerprint density at radius 1 is 1.47 bits per heavy atom. The monoisotopic (exact) mass is 272 g/mol. The molecule has 2 heterocycles. The Bertz CT molecular complexity index is 542. The van der Waals surface area contributed by atoms with E-state index in [1.54, 1.807) is 11.4 Å². The van der Waals surface area contributed by atoms with E-state index < -0.39 is 6.10 Å². The molecule has 0 aliphatic rings. The van der Waals surface area contributed by atoms with Crippen LogP contribution in [-0.4, -0.2) is 36.0 Å².